The highest BCUT2D eigenvalue weighted by atomic mass is 79.9. The molecule has 0 bridgehead atoms. The topological polar surface area (TPSA) is 66.4 Å². The average Bonchev–Trinajstić information content (AvgIpc) is 2.35. The van der Waals surface area contributed by atoms with Crippen LogP contribution in [-0.4, -0.2) is 17.0 Å². The maximum absolute atomic E-state index is 11.7. The Morgan fingerprint density at radius 1 is 1.33 bits per heavy atom. The fourth-order valence-electron chi connectivity index (χ4n) is 1.53. The zero-order chi connectivity index (χ0) is 13.7. The summed E-state index contributed by atoms with van der Waals surface area (Å²) in [6.07, 6.45) is 0.708. The molecule has 0 aliphatic carbocycles. The Morgan fingerprint density at radius 3 is 2.33 bits per heavy atom. The summed E-state index contributed by atoms with van der Waals surface area (Å²) in [7, 11) is 0. The molecule has 1 rings (SSSR count). The average molecular weight is 314 g/mol. The number of hydrogen-bond acceptors (Lipinski definition) is 2. The molecule has 5 heteroatoms. The van der Waals surface area contributed by atoms with Crippen molar-refractivity contribution in [2.75, 3.05) is 0 Å². The van der Waals surface area contributed by atoms with Crippen molar-refractivity contribution in [2.24, 2.45) is 5.92 Å². The summed E-state index contributed by atoms with van der Waals surface area (Å²) in [6, 6.07) is 7.44. The van der Waals surface area contributed by atoms with Crippen molar-refractivity contribution in [1.29, 1.82) is 0 Å². The molecule has 0 fully saturated rings. The predicted molar refractivity (Wildman–Crippen MR) is 72.1 cm³/mol. The number of benzene rings is 1. The molecular formula is C13H16BrNO3. The number of carbonyl (C=O) groups excluding carboxylic acids is 1. The van der Waals surface area contributed by atoms with Crippen LogP contribution in [0.2, 0.25) is 0 Å². The predicted octanol–water partition coefficient (Wildman–Crippen LogP) is 2.74. The molecule has 18 heavy (non-hydrogen) atoms. The first-order valence-electron chi connectivity index (χ1n) is 5.74. The van der Waals surface area contributed by atoms with E-state index in [9.17, 15) is 9.59 Å². The normalized spacial score (nSPS) is 13.7. The summed E-state index contributed by atoms with van der Waals surface area (Å²) < 4.78 is 0.964. The van der Waals surface area contributed by atoms with E-state index in [0.717, 1.165) is 10.0 Å². The van der Waals surface area contributed by atoms with Gasteiger partial charge in [0.25, 0.3) is 0 Å². The molecule has 0 heterocycles. The number of amides is 1. The van der Waals surface area contributed by atoms with Crippen LogP contribution in [0.25, 0.3) is 0 Å². The minimum absolute atomic E-state index is 0.160. The number of carboxylic acid groups (broad SMARTS) is 1. The van der Waals surface area contributed by atoms with Crippen molar-refractivity contribution < 1.29 is 14.7 Å². The molecule has 0 aliphatic heterocycles. The van der Waals surface area contributed by atoms with E-state index in [0.29, 0.717) is 6.42 Å². The molecule has 4 nitrogen and oxygen atoms in total. The first kappa shape index (κ1) is 14.7. The van der Waals surface area contributed by atoms with Gasteiger partial charge in [-0.25, -0.2) is 0 Å². The van der Waals surface area contributed by atoms with Crippen molar-refractivity contribution in [3.63, 3.8) is 0 Å². The first-order chi connectivity index (χ1) is 8.45. The van der Waals surface area contributed by atoms with Crippen LogP contribution in [-0.2, 0) is 9.59 Å². The lowest BCUT2D eigenvalue weighted by Gasteiger charge is -2.19. The minimum Gasteiger partial charge on any atom is -0.481 e. The monoisotopic (exact) mass is 313 g/mol. The number of rotatable bonds is 5. The fraction of sp³-hybridized carbons (Fsp3) is 0.385. The van der Waals surface area contributed by atoms with E-state index in [4.69, 9.17) is 5.11 Å². The number of carbonyl (C=O) groups is 2. The quantitative estimate of drug-likeness (QED) is 0.821. The Morgan fingerprint density at radius 2 is 1.89 bits per heavy atom. The standard InChI is InChI=1S/C13H16BrNO3/c1-3-11(9-4-6-10(14)7-5-9)15-12(16)8(2)13(17)18/h4-8,11H,3H2,1-2H3,(H,15,16)(H,17,18). The third-order valence-electron chi connectivity index (χ3n) is 2.76. The molecule has 0 aliphatic rings. The van der Waals surface area contributed by atoms with Crippen LogP contribution in [0.4, 0.5) is 0 Å². The van der Waals surface area contributed by atoms with E-state index in [2.05, 4.69) is 21.2 Å². The van der Waals surface area contributed by atoms with Crippen LogP contribution in [0.5, 0.6) is 0 Å². The molecule has 2 unspecified atom stereocenters. The van der Waals surface area contributed by atoms with Gasteiger partial charge in [0.15, 0.2) is 0 Å². The Labute approximate surface area is 115 Å². The zero-order valence-corrected chi connectivity index (χ0v) is 11.9. The third kappa shape index (κ3) is 3.84. The van der Waals surface area contributed by atoms with Gasteiger partial charge in [0.05, 0.1) is 6.04 Å². The molecule has 2 atom stereocenters. The van der Waals surface area contributed by atoms with Gasteiger partial charge in [-0.05, 0) is 31.0 Å². The van der Waals surface area contributed by atoms with E-state index in [1.165, 1.54) is 6.92 Å². The van der Waals surface area contributed by atoms with Crippen molar-refractivity contribution >= 4 is 27.8 Å². The van der Waals surface area contributed by atoms with Crippen LogP contribution in [0.3, 0.4) is 0 Å². The van der Waals surface area contributed by atoms with Crippen LogP contribution < -0.4 is 5.32 Å². The maximum Gasteiger partial charge on any atom is 0.315 e. The summed E-state index contributed by atoms with van der Waals surface area (Å²) in [4.78, 5) is 22.4. The second kappa shape index (κ2) is 6.54. The van der Waals surface area contributed by atoms with Crippen LogP contribution in [0, 0.1) is 5.92 Å². The summed E-state index contributed by atoms with van der Waals surface area (Å²) in [5.41, 5.74) is 0.964. The molecule has 0 saturated heterocycles. The SMILES string of the molecule is CCC(NC(=O)C(C)C(=O)O)c1ccc(Br)cc1. The van der Waals surface area contributed by atoms with Crippen molar-refractivity contribution in [1.82, 2.24) is 5.32 Å². The fourth-order valence-corrected chi connectivity index (χ4v) is 1.79. The van der Waals surface area contributed by atoms with Gasteiger partial charge in [0, 0.05) is 4.47 Å². The summed E-state index contributed by atoms with van der Waals surface area (Å²) >= 11 is 3.34. The number of halogens is 1. The largest absolute Gasteiger partial charge is 0.481 e. The van der Waals surface area contributed by atoms with Gasteiger partial charge in [0.2, 0.25) is 5.91 Å². The van der Waals surface area contributed by atoms with Crippen LogP contribution in [0.15, 0.2) is 28.7 Å². The number of carboxylic acids is 1. The summed E-state index contributed by atoms with van der Waals surface area (Å²) in [5, 5.41) is 11.5. The number of aliphatic carboxylic acids is 1. The number of nitrogens with one attached hydrogen (secondary N) is 1. The highest BCUT2D eigenvalue weighted by molar-refractivity contribution is 9.10. The smallest absolute Gasteiger partial charge is 0.315 e. The molecule has 0 aromatic heterocycles. The molecule has 0 spiro atoms. The van der Waals surface area contributed by atoms with Gasteiger partial charge in [-0.1, -0.05) is 35.0 Å². The van der Waals surface area contributed by atoms with Crippen LogP contribution >= 0.6 is 15.9 Å². The molecule has 1 aromatic rings. The van der Waals surface area contributed by atoms with E-state index < -0.39 is 17.8 Å². The molecule has 0 saturated carbocycles. The van der Waals surface area contributed by atoms with Gasteiger partial charge in [-0.2, -0.15) is 0 Å². The molecule has 98 valence electrons. The van der Waals surface area contributed by atoms with Crippen molar-refractivity contribution in [2.45, 2.75) is 26.3 Å². The lowest BCUT2D eigenvalue weighted by atomic mass is 10.0. The Bertz CT molecular complexity index is 430. The maximum atomic E-state index is 11.7. The Kier molecular flexibility index (Phi) is 5.34. The Hall–Kier alpha value is -1.36. The van der Waals surface area contributed by atoms with E-state index in [1.807, 2.05) is 31.2 Å². The van der Waals surface area contributed by atoms with Gasteiger partial charge in [-0.15, -0.1) is 0 Å². The Balaban J connectivity index is 2.76. The molecule has 1 amide bonds. The second-order valence-electron chi connectivity index (χ2n) is 4.08. The van der Waals surface area contributed by atoms with Crippen molar-refractivity contribution in [3.8, 4) is 0 Å². The molecule has 2 N–H and O–H groups in total. The van der Waals surface area contributed by atoms with Gasteiger partial charge in [0.1, 0.15) is 5.92 Å². The van der Waals surface area contributed by atoms with Gasteiger partial charge >= 0.3 is 5.97 Å². The van der Waals surface area contributed by atoms with Crippen LogP contribution in [0.1, 0.15) is 31.9 Å². The van der Waals surface area contributed by atoms with E-state index in [-0.39, 0.29) is 6.04 Å². The first-order valence-corrected chi connectivity index (χ1v) is 6.53. The second-order valence-corrected chi connectivity index (χ2v) is 5.00. The lowest BCUT2D eigenvalue weighted by Crippen LogP contribution is -2.36. The van der Waals surface area contributed by atoms with Gasteiger partial charge in [-0.3, -0.25) is 9.59 Å². The van der Waals surface area contributed by atoms with E-state index >= 15 is 0 Å². The highest BCUT2D eigenvalue weighted by Crippen LogP contribution is 2.19. The molecular weight excluding hydrogens is 298 g/mol. The molecule has 0 radical (unpaired) electrons. The number of hydrogen-bond donors (Lipinski definition) is 2. The zero-order valence-electron chi connectivity index (χ0n) is 10.3. The highest BCUT2D eigenvalue weighted by Gasteiger charge is 2.23. The van der Waals surface area contributed by atoms with Gasteiger partial charge < -0.3 is 10.4 Å². The minimum atomic E-state index is -1.11. The summed E-state index contributed by atoms with van der Waals surface area (Å²) in [6.45, 7) is 3.32. The lowest BCUT2D eigenvalue weighted by molar-refractivity contribution is -0.146. The summed E-state index contributed by atoms with van der Waals surface area (Å²) in [5.74, 6) is -2.61. The molecule has 1 aromatic carbocycles. The third-order valence-corrected chi connectivity index (χ3v) is 3.29. The van der Waals surface area contributed by atoms with E-state index in [1.54, 1.807) is 0 Å². The van der Waals surface area contributed by atoms with Crippen molar-refractivity contribution in [3.05, 3.63) is 34.3 Å².